The number of ether oxygens (including phenoxy) is 1. The van der Waals surface area contributed by atoms with Gasteiger partial charge in [-0.05, 0) is 13.0 Å². The van der Waals surface area contributed by atoms with Crippen molar-refractivity contribution in [2.75, 3.05) is 6.61 Å². The van der Waals surface area contributed by atoms with Gasteiger partial charge in [0.05, 0.1) is 6.61 Å². The smallest absolute Gasteiger partial charge is 0.346 e. The molecule has 0 spiro atoms. The van der Waals surface area contributed by atoms with Crippen molar-refractivity contribution in [2.45, 2.75) is 6.92 Å². The molecule has 1 aromatic carbocycles. The van der Waals surface area contributed by atoms with Gasteiger partial charge in [0, 0.05) is 5.39 Å². The Morgan fingerprint density at radius 1 is 1.47 bits per heavy atom. The van der Waals surface area contributed by atoms with Crippen molar-refractivity contribution in [1.29, 1.82) is 0 Å². The van der Waals surface area contributed by atoms with E-state index < -0.39 is 11.9 Å². The number of rotatable bonds is 2. The van der Waals surface area contributed by atoms with Gasteiger partial charge in [-0.25, -0.2) is 4.79 Å². The minimum Gasteiger partial charge on any atom is -0.480 e. The van der Waals surface area contributed by atoms with E-state index in [9.17, 15) is 9.90 Å². The number of aromatic hydroxyl groups is 1. The summed E-state index contributed by atoms with van der Waals surface area (Å²) in [4.78, 5) is 11.5. The second-order valence-electron chi connectivity index (χ2n) is 3.00. The molecule has 0 aliphatic carbocycles. The van der Waals surface area contributed by atoms with Crippen LogP contribution in [0.1, 0.15) is 17.3 Å². The first kappa shape index (κ1) is 9.58. The SMILES string of the molecule is CCOC(=O)c1c(O)oc2ccccc12. The summed E-state index contributed by atoms with van der Waals surface area (Å²) in [6.07, 6.45) is 0. The van der Waals surface area contributed by atoms with Gasteiger partial charge in [0.25, 0.3) is 5.95 Å². The fourth-order valence-electron chi connectivity index (χ4n) is 1.43. The second-order valence-corrected chi connectivity index (χ2v) is 3.00. The molecule has 0 fully saturated rings. The number of fused-ring (bicyclic) bond motifs is 1. The molecule has 2 rings (SSSR count). The minimum atomic E-state index is -0.569. The summed E-state index contributed by atoms with van der Waals surface area (Å²) in [6.45, 7) is 1.97. The van der Waals surface area contributed by atoms with Crippen LogP contribution in [0.5, 0.6) is 5.95 Å². The Kier molecular flexibility index (Phi) is 2.33. The molecular formula is C11H10O4. The maximum absolute atomic E-state index is 11.5. The fraction of sp³-hybridized carbons (Fsp3) is 0.182. The molecule has 0 bridgehead atoms. The van der Waals surface area contributed by atoms with E-state index in [1.54, 1.807) is 31.2 Å². The van der Waals surface area contributed by atoms with E-state index in [1.807, 2.05) is 0 Å². The lowest BCUT2D eigenvalue weighted by Gasteiger charge is -1.98. The highest BCUT2D eigenvalue weighted by Crippen LogP contribution is 2.31. The maximum Gasteiger partial charge on any atom is 0.346 e. The Balaban J connectivity index is 2.58. The highest BCUT2D eigenvalue weighted by atomic mass is 16.5. The number of hydrogen-bond acceptors (Lipinski definition) is 4. The van der Waals surface area contributed by atoms with Crippen LogP contribution < -0.4 is 0 Å². The molecule has 4 heteroatoms. The molecule has 0 amide bonds. The Morgan fingerprint density at radius 2 is 2.20 bits per heavy atom. The third kappa shape index (κ3) is 1.54. The van der Waals surface area contributed by atoms with Gasteiger partial charge in [0.1, 0.15) is 5.58 Å². The van der Waals surface area contributed by atoms with Crippen molar-refractivity contribution in [1.82, 2.24) is 0 Å². The van der Waals surface area contributed by atoms with Gasteiger partial charge in [0.2, 0.25) is 0 Å². The highest BCUT2D eigenvalue weighted by Gasteiger charge is 2.20. The molecule has 4 nitrogen and oxygen atoms in total. The first-order valence-electron chi connectivity index (χ1n) is 4.61. The van der Waals surface area contributed by atoms with Crippen molar-refractivity contribution in [3.05, 3.63) is 29.8 Å². The monoisotopic (exact) mass is 206 g/mol. The molecule has 15 heavy (non-hydrogen) atoms. The first-order valence-corrected chi connectivity index (χ1v) is 4.61. The normalized spacial score (nSPS) is 10.5. The lowest BCUT2D eigenvalue weighted by atomic mass is 10.2. The van der Waals surface area contributed by atoms with Gasteiger partial charge in [-0.2, -0.15) is 0 Å². The average molecular weight is 206 g/mol. The van der Waals surface area contributed by atoms with Crippen LogP contribution in [0, 0.1) is 0 Å². The molecule has 1 heterocycles. The van der Waals surface area contributed by atoms with E-state index in [0.717, 1.165) is 0 Å². The maximum atomic E-state index is 11.5. The van der Waals surface area contributed by atoms with E-state index in [-0.39, 0.29) is 12.2 Å². The Morgan fingerprint density at radius 3 is 2.93 bits per heavy atom. The van der Waals surface area contributed by atoms with E-state index in [1.165, 1.54) is 0 Å². The van der Waals surface area contributed by atoms with Crippen LogP contribution in [0.15, 0.2) is 28.7 Å². The molecule has 1 N–H and O–H groups in total. The van der Waals surface area contributed by atoms with Gasteiger partial charge < -0.3 is 14.3 Å². The molecule has 0 saturated carbocycles. The number of carbonyl (C=O) groups is 1. The summed E-state index contributed by atoms with van der Waals surface area (Å²) < 4.78 is 9.84. The third-order valence-electron chi connectivity index (χ3n) is 2.06. The molecule has 0 aliphatic rings. The van der Waals surface area contributed by atoms with Crippen LogP contribution in [-0.2, 0) is 4.74 Å². The van der Waals surface area contributed by atoms with Gasteiger partial charge >= 0.3 is 5.97 Å². The molecule has 2 aromatic rings. The Hall–Kier alpha value is -1.97. The average Bonchev–Trinajstić information content (AvgIpc) is 2.54. The number of benzene rings is 1. The molecule has 0 unspecified atom stereocenters. The number of carbonyl (C=O) groups excluding carboxylic acids is 1. The summed E-state index contributed by atoms with van der Waals surface area (Å²) in [7, 11) is 0. The quantitative estimate of drug-likeness (QED) is 0.766. The summed E-state index contributed by atoms with van der Waals surface area (Å²) in [6, 6.07) is 6.91. The van der Waals surface area contributed by atoms with E-state index in [2.05, 4.69) is 0 Å². The molecule has 0 aliphatic heterocycles. The number of furan rings is 1. The number of para-hydroxylation sites is 1. The van der Waals surface area contributed by atoms with Crippen LogP contribution in [-0.4, -0.2) is 17.7 Å². The molecular weight excluding hydrogens is 196 g/mol. The van der Waals surface area contributed by atoms with Crippen molar-refractivity contribution in [3.8, 4) is 5.95 Å². The minimum absolute atomic E-state index is 0.0902. The second kappa shape index (κ2) is 3.65. The number of esters is 1. The van der Waals surface area contributed by atoms with E-state index in [0.29, 0.717) is 11.0 Å². The summed E-state index contributed by atoms with van der Waals surface area (Å²) in [5.74, 6) is -0.963. The van der Waals surface area contributed by atoms with Gasteiger partial charge in [-0.15, -0.1) is 0 Å². The zero-order valence-corrected chi connectivity index (χ0v) is 8.19. The van der Waals surface area contributed by atoms with Crippen LogP contribution in [0.3, 0.4) is 0 Å². The van der Waals surface area contributed by atoms with Crippen LogP contribution in [0.2, 0.25) is 0 Å². The summed E-state index contributed by atoms with van der Waals surface area (Å²) in [5, 5.41) is 10.0. The lowest BCUT2D eigenvalue weighted by molar-refractivity contribution is 0.0523. The van der Waals surface area contributed by atoms with Gasteiger partial charge in [-0.1, -0.05) is 18.2 Å². The third-order valence-corrected chi connectivity index (χ3v) is 2.06. The zero-order valence-electron chi connectivity index (χ0n) is 8.19. The van der Waals surface area contributed by atoms with E-state index in [4.69, 9.17) is 9.15 Å². The Bertz CT molecular complexity index is 498. The van der Waals surface area contributed by atoms with Crippen LogP contribution >= 0.6 is 0 Å². The fourth-order valence-corrected chi connectivity index (χ4v) is 1.43. The number of hydrogen-bond donors (Lipinski definition) is 1. The zero-order chi connectivity index (χ0) is 10.8. The largest absolute Gasteiger partial charge is 0.480 e. The highest BCUT2D eigenvalue weighted by molar-refractivity contribution is 6.05. The van der Waals surface area contributed by atoms with Gasteiger partial charge in [-0.3, -0.25) is 0 Å². The van der Waals surface area contributed by atoms with Crippen LogP contribution in [0.25, 0.3) is 11.0 Å². The van der Waals surface area contributed by atoms with Crippen molar-refractivity contribution in [2.24, 2.45) is 0 Å². The molecule has 0 atom stereocenters. The molecule has 0 saturated heterocycles. The topological polar surface area (TPSA) is 59.7 Å². The predicted octanol–water partition coefficient (Wildman–Crippen LogP) is 2.32. The first-order chi connectivity index (χ1) is 7.24. The Labute approximate surface area is 86.1 Å². The van der Waals surface area contributed by atoms with Crippen molar-refractivity contribution >= 4 is 16.9 Å². The molecule has 78 valence electrons. The van der Waals surface area contributed by atoms with Crippen molar-refractivity contribution < 1.29 is 19.1 Å². The van der Waals surface area contributed by atoms with Crippen molar-refractivity contribution in [3.63, 3.8) is 0 Å². The van der Waals surface area contributed by atoms with Gasteiger partial charge in [0.15, 0.2) is 5.56 Å². The molecule has 1 aromatic heterocycles. The van der Waals surface area contributed by atoms with E-state index >= 15 is 0 Å². The molecule has 0 radical (unpaired) electrons. The summed E-state index contributed by atoms with van der Waals surface area (Å²) in [5.41, 5.74) is 0.561. The summed E-state index contributed by atoms with van der Waals surface area (Å²) >= 11 is 0. The standard InChI is InChI=1S/C11H10O4/c1-2-14-10(12)9-7-5-3-4-6-8(7)15-11(9)13/h3-6,13H,2H2,1H3. The van der Waals surface area contributed by atoms with Crippen LogP contribution in [0.4, 0.5) is 0 Å². The predicted molar refractivity (Wildman–Crippen MR) is 53.8 cm³/mol. The lowest BCUT2D eigenvalue weighted by Crippen LogP contribution is -2.03.